The molecule has 0 bridgehead atoms. The standard InChI is InChI=1S/C11H20N2S/c1-11(2,9-5-3-4-6-9)13-10-12-7-8-14-10/h9H,3-8H2,1-2H3,(H,12,13). The Morgan fingerprint density at radius 2 is 2.07 bits per heavy atom. The average Bonchev–Trinajstić information content (AvgIpc) is 2.71. The van der Waals surface area contributed by atoms with Gasteiger partial charge in [0.2, 0.25) is 0 Å². The predicted molar refractivity (Wildman–Crippen MR) is 63.9 cm³/mol. The Hall–Kier alpha value is -0.180. The first-order valence-electron chi connectivity index (χ1n) is 5.64. The molecule has 0 atom stereocenters. The van der Waals surface area contributed by atoms with Crippen molar-refractivity contribution >= 4 is 16.9 Å². The van der Waals surface area contributed by atoms with Gasteiger partial charge < -0.3 is 5.32 Å². The third-order valence-corrected chi connectivity index (χ3v) is 4.28. The zero-order valence-electron chi connectivity index (χ0n) is 9.18. The highest BCUT2D eigenvalue weighted by Crippen LogP contribution is 2.34. The van der Waals surface area contributed by atoms with Crippen LogP contribution in [0.4, 0.5) is 0 Å². The van der Waals surface area contributed by atoms with E-state index < -0.39 is 0 Å². The molecule has 1 heterocycles. The first-order chi connectivity index (χ1) is 6.68. The summed E-state index contributed by atoms with van der Waals surface area (Å²) in [5.74, 6) is 2.00. The van der Waals surface area contributed by atoms with Gasteiger partial charge in [-0.2, -0.15) is 0 Å². The van der Waals surface area contributed by atoms with E-state index in [1.165, 1.54) is 30.9 Å². The van der Waals surface area contributed by atoms with Gasteiger partial charge in [-0.3, -0.25) is 4.99 Å². The first kappa shape index (κ1) is 10.3. The summed E-state index contributed by atoms with van der Waals surface area (Å²) in [6, 6.07) is 0. The maximum absolute atomic E-state index is 4.46. The molecule has 1 aliphatic heterocycles. The lowest BCUT2D eigenvalue weighted by Crippen LogP contribution is -2.47. The summed E-state index contributed by atoms with van der Waals surface area (Å²) in [5.41, 5.74) is 0.243. The maximum atomic E-state index is 4.46. The van der Waals surface area contributed by atoms with Crippen molar-refractivity contribution in [3.8, 4) is 0 Å². The van der Waals surface area contributed by atoms with E-state index in [-0.39, 0.29) is 5.54 Å². The van der Waals surface area contributed by atoms with Crippen LogP contribution in [0.2, 0.25) is 0 Å². The number of amidine groups is 1. The van der Waals surface area contributed by atoms with E-state index in [0.717, 1.165) is 18.2 Å². The Kier molecular flexibility index (Phi) is 3.05. The highest BCUT2D eigenvalue weighted by Gasteiger charge is 2.32. The Labute approximate surface area is 90.9 Å². The quantitative estimate of drug-likeness (QED) is 0.761. The van der Waals surface area contributed by atoms with Crippen molar-refractivity contribution in [2.24, 2.45) is 10.9 Å². The molecule has 1 fully saturated rings. The molecule has 0 aromatic rings. The third-order valence-electron chi connectivity index (χ3n) is 3.39. The summed E-state index contributed by atoms with van der Waals surface area (Å²) < 4.78 is 0. The number of nitrogens with zero attached hydrogens (tertiary/aromatic N) is 1. The second kappa shape index (κ2) is 4.13. The molecule has 3 heteroatoms. The average molecular weight is 212 g/mol. The molecule has 0 amide bonds. The first-order valence-corrected chi connectivity index (χ1v) is 6.62. The Bertz CT molecular complexity index is 229. The summed E-state index contributed by atoms with van der Waals surface area (Å²) in [6.45, 7) is 5.64. The SMILES string of the molecule is CC(C)(NC1=NCCS1)C1CCCC1. The summed E-state index contributed by atoms with van der Waals surface area (Å²) in [5, 5.41) is 4.78. The second-order valence-electron chi connectivity index (χ2n) is 4.86. The highest BCUT2D eigenvalue weighted by molar-refractivity contribution is 8.14. The van der Waals surface area contributed by atoms with E-state index in [9.17, 15) is 0 Å². The molecule has 1 N–H and O–H groups in total. The lowest BCUT2D eigenvalue weighted by Gasteiger charge is -2.33. The molecule has 0 spiro atoms. The van der Waals surface area contributed by atoms with Crippen LogP contribution in [0.25, 0.3) is 0 Å². The van der Waals surface area contributed by atoms with E-state index in [1.807, 2.05) is 11.8 Å². The van der Waals surface area contributed by atoms with Crippen LogP contribution in [0.1, 0.15) is 39.5 Å². The van der Waals surface area contributed by atoms with Gasteiger partial charge in [-0.25, -0.2) is 0 Å². The zero-order valence-corrected chi connectivity index (χ0v) is 9.99. The number of hydrogen-bond acceptors (Lipinski definition) is 3. The maximum Gasteiger partial charge on any atom is 0.157 e. The van der Waals surface area contributed by atoms with Crippen LogP contribution in [0, 0.1) is 5.92 Å². The Morgan fingerprint density at radius 1 is 1.36 bits per heavy atom. The van der Waals surface area contributed by atoms with E-state index in [4.69, 9.17) is 0 Å². The second-order valence-corrected chi connectivity index (χ2v) is 5.95. The van der Waals surface area contributed by atoms with Gasteiger partial charge in [0, 0.05) is 11.3 Å². The fourth-order valence-electron chi connectivity index (χ4n) is 2.44. The molecule has 2 nitrogen and oxygen atoms in total. The molecule has 80 valence electrons. The van der Waals surface area contributed by atoms with Crippen molar-refractivity contribution in [3.05, 3.63) is 0 Å². The van der Waals surface area contributed by atoms with E-state index in [0.29, 0.717) is 0 Å². The summed E-state index contributed by atoms with van der Waals surface area (Å²) >= 11 is 1.87. The molecule has 1 saturated carbocycles. The lowest BCUT2D eigenvalue weighted by molar-refractivity contribution is 0.296. The van der Waals surface area contributed by atoms with Crippen LogP contribution in [0.5, 0.6) is 0 Å². The van der Waals surface area contributed by atoms with Crippen LogP contribution >= 0.6 is 11.8 Å². The van der Waals surface area contributed by atoms with Gasteiger partial charge >= 0.3 is 0 Å². The topological polar surface area (TPSA) is 24.4 Å². The van der Waals surface area contributed by atoms with Crippen molar-refractivity contribution in [1.82, 2.24) is 5.32 Å². The van der Waals surface area contributed by atoms with Gasteiger partial charge in [0.25, 0.3) is 0 Å². The minimum absolute atomic E-state index is 0.243. The molecular formula is C11H20N2S. The van der Waals surface area contributed by atoms with Gasteiger partial charge in [0.05, 0.1) is 6.54 Å². The fourth-order valence-corrected chi connectivity index (χ4v) is 3.33. The molecular weight excluding hydrogens is 192 g/mol. The smallest absolute Gasteiger partial charge is 0.157 e. The van der Waals surface area contributed by atoms with Crippen LogP contribution in [-0.4, -0.2) is 23.0 Å². The van der Waals surface area contributed by atoms with Gasteiger partial charge in [0.15, 0.2) is 5.17 Å². The van der Waals surface area contributed by atoms with E-state index in [1.54, 1.807) is 0 Å². The van der Waals surface area contributed by atoms with Crippen LogP contribution in [0.3, 0.4) is 0 Å². The third kappa shape index (κ3) is 2.25. The monoisotopic (exact) mass is 212 g/mol. The molecule has 2 rings (SSSR count). The van der Waals surface area contributed by atoms with E-state index in [2.05, 4.69) is 24.2 Å². The van der Waals surface area contributed by atoms with Crippen LogP contribution in [-0.2, 0) is 0 Å². The summed E-state index contributed by atoms with van der Waals surface area (Å²) in [6.07, 6.45) is 5.60. The van der Waals surface area contributed by atoms with Crippen LogP contribution < -0.4 is 5.32 Å². The van der Waals surface area contributed by atoms with Gasteiger partial charge in [-0.15, -0.1) is 0 Å². The number of hydrogen-bond donors (Lipinski definition) is 1. The van der Waals surface area contributed by atoms with Crippen LogP contribution in [0.15, 0.2) is 4.99 Å². The van der Waals surface area contributed by atoms with Gasteiger partial charge in [-0.1, -0.05) is 24.6 Å². The highest BCUT2D eigenvalue weighted by atomic mass is 32.2. The van der Waals surface area contributed by atoms with Crippen molar-refractivity contribution in [2.75, 3.05) is 12.3 Å². The summed E-state index contributed by atoms with van der Waals surface area (Å²) in [7, 11) is 0. The molecule has 0 aromatic carbocycles. The largest absolute Gasteiger partial charge is 0.360 e. The molecule has 2 aliphatic rings. The van der Waals surface area contributed by atoms with E-state index >= 15 is 0 Å². The van der Waals surface area contributed by atoms with Gasteiger partial charge in [0.1, 0.15) is 0 Å². The lowest BCUT2D eigenvalue weighted by atomic mass is 9.86. The number of thioether (sulfide) groups is 1. The molecule has 0 unspecified atom stereocenters. The Balaban J connectivity index is 1.93. The van der Waals surface area contributed by atoms with Gasteiger partial charge in [-0.05, 0) is 32.6 Å². The van der Waals surface area contributed by atoms with Crippen molar-refractivity contribution in [2.45, 2.75) is 45.1 Å². The summed E-state index contributed by atoms with van der Waals surface area (Å²) in [4.78, 5) is 4.46. The fraction of sp³-hybridized carbons (Fsp3) is 0.909. The number of rotatable bonds is 2. The minimum atomic E-state index is 0.243. The predicted octanol–water partition coefficient (Wildman–Crippen LogP) is 2.65. The van der Waals surface area contributed by atoms with Crippen molar-refractivity contribution in [1.29, 1.82) is 0 Å². The number of aliphatic imine (C=N–C) groups is 1. The molecule has 14 heavy (non-hydrogen) atoms. The molecule has 0 aromatic heterocycles. The molecule has 0 saturated heterocycles. The molecule has 0 radical (unpaired) electrons. The number of nitrogens with one attached hydrogen (secondary N) is 1. The minimum Gasteiger partial charge on any atom is -0.360 e. The van der Waals surface area contributed by atoms with Crippen molar-refractivity contribution in [3.63, 3.8) is 0 Å². The Morgan fingerprint density at radius 3 is 2.64 bits per heavy atom. The normalized spacial score (nSPS) is 24.0. The zero-order chi connectivity index (χ0) is 10.0. The molecule has 1 aliphatic carbocycles. The van der Waals surface area contributed by atoms with Crippen molar-refractivity contribution < 1.29 is 0 Å².